The Morgan fingerprint density at radius 3 is 2.27 bits per heavy atom. The zero-order valence-corrected chi connectivity index (χ0v) is 14.7. The van der Waals surface area contributed by atoms with Gasteiger partial charge in [0.05, 0.1) is 36.8 Å². The molecule has 0 bridgehead atoms. The van der Waals surface area contributed by atoms with Crippen molar-refractivity contribution in [2.45, 2.75) is 75.9 Å². The number of hydrogen-bond donors (Lipinski definition) is 7. The molecular formula is C15H26N2O9. The number of carboxylic acids is 1. The van der Waals surface area contributed by atoms with Crippen LogP contribution >= 0.6 is 0 Å². The first kappa shape index (κ1) is 22.3. The van der Waals surface area contributed by atoms with Crippen LogP contribution in [0.4, 0.5) is 0 Å². The molecular weight excluding hydrogens is 352 g/mol. The molecule has 26 heavy (non-hydrogen) atoms. The molecule has 0 saturated carbocycles. The van der Waals surface area contributed by atoms with E-state index in [0.717, 1.165) is 6.92 Å². The molecule has 0 aliphatic carbocycles. The fourth-order valence-corrected chi connectivity index (χ4v) is 2.81. The summed E-state index contributed by atoms with van der Waals surface area (Å²) in [6.45, 7) is 3.81. The smallest absolute Gasteiger partial charge is 0.364 e. The second-order valence-electron chi connectivity index (χ2n) is 6.56. The Bertz CT molecular complexity index is 539. The number of hydrogen-bond acceptors (Lipinski definition) is 8. The van der Waals surface area contributed by atoms with E-state index in [9.17, 15) is 34.8 Å². The summed E-state index contributed by atoms with van der Waals surface area (Å²) in [6, 6.07) is -2.47. The normalized spacial score (nSPS) is 32.2. The van der Waals surface area contributed by atoms with Crippen molar-refractivity contribution < 1.29 is 44.7 Å². The molecule has 1 aliphatic heterocycles. The van der Waals surface area contributed by atoms with E-state index in [4.69, 9.17) is 9.84 Å². The lowest BCUT2D eigenvalue weighted by atomic mass is 9.87. The minimum atomic E-state index is -2.76. The second kappa shape index (κ2) is 8.73. The molecule has 1 heterocycles. The van der Waals surface area contributed by atoms with Gasteiger partial charge in [-0.2, -0.15) is 0 Å². The highest BCUT2D eigenvalue weighted by Gasteiger charge is 2.54. The zero-order chi connectivity index (χ0) is 20.2. The van der Waals surface area contributed by atoms with Crippen molar-refractivity contribution in [3.8, 4) is 0 Å². The van der Waals surface area contributed by atoms with E-state index in [1.807, 2.05) is 0 Å². The number of carbonyl (C=O) groups excluding carboxylic acids is 2. The van der Waals surface area contributed by atoms with Crippen molar-refractivity contribution in [1.29, 1.82) is 0 Å². The van der Waals surface area contributed by atoms with Crippen LogP contribution in [-0.2, 0) is 19.1 Å². The van der Waals surface area contributed by atoms with Gasteiger partial charge in [-0.15, -0.1) is 0 Å². The molecule has 0 spiro atoms. The van der Waals surface area contributed by atoms with Crippen LogP contribution in [0.2, 0.25) is 0 Å². The van der Waals surface area contributed by atoms with Crippen LogP contribution in [0.1, 0.15) is 33.6 Å². The Hall–Kier alpha value is -1.79. The van der Waals surface area contributed by atoms with Crippen LogP contribution in [0, 0.1) is 0 Å². The summed E-state index contributed by atoms with van der Waals surface area (Å²) >= 11 is 0. The molecule has 0 radical (unpaired) electrons. The Kier molecular flexibility index (Phi) is 7.47. The van der Waals surface area contributed by atoms with E-state index in [0.29, 0.717) is 0 Å². The first-order valence-electron chi connectivity index (χ1n) is 8.11. The number of ether oxygens (including phenoxy) is 1. The van der Waals surface area contributed by atoms with E-state index in [1.165, 1.54) is 13.8 Å². The van der Waals surface area contributed by atoms with Crippen molar-refractivity contribution in [1.82, 2.24) is 10.6 Å². The minimum Gasteiger partial charge on any atom is -0.477 e. The summed E-state index contributed by atoms with van der Waals surface area (Å²) in [5, 5.41) is 53.6. The fraction of sp³-hybridized carbons (Fsp3) is 0.800. The molecule has 1 fully saturated rings. The molecule has 0 unspecified atom stereocenters. The van der Waals surface area contributed by atoms with E-state index < -0.39 is 66.5 Å². The van der Waals surface area contributed by atoms with Crippen molar-refractivity contribution in [2.75, 3.05) is 0 Å². The number of aliphatic hydroxyl groups is 4. The lowest BCUT2D eigenvalue weighted by Crippen LogP contribution is -2.69. The van der Waals surface area contributed by atoms with E-state index >= 15 is 0 Å². The molecule has 11 nitrogen and oxygen atoms in total. The van der Waals surface area contributed by atoms with Gasteiger partial charge in [-0.05, 0) is 13.8 Å². The van der Waals surface area contributed by atoms with Gasteiger partial charge in [0, 0.05) is 13.3 Å². The summed E-state index contributed by atoms with van der Waals surface area (Å²) in [6.07, 6.45) is -6.26. The van der Waals surface area contributed by atoms with E-state index in [1.54, 1.807) is 0 Å². The standard InChI is InChI=1S/C15H26N2O9/c1-6(18)4-10(22)17-11(7(2)19)13-12(16-8(3)20)9(21)5-15(25,26-13)14(23)24/h6-7,9,11-13,18-19,21,25H,4-5H2,1-3H3,(H,16,20)(H,17,22)(H,23,24)/t6-,7+,9+,11+,12+,13+,15+/m1/s1. The highest BCUT2D eigenvalue weighted by molar-refractivity contribution is 5.77. The monoisotopic (exact) mass is 378 g/mol. The van der Waals surface area contributed by atoms with Crippen LogP contribution in [0.3, 0.4) is 0 Å². The highest BCUT2D eigenvalue weighted by atomic mass is 16.7. The highest BCUT2D eigenvalue weighted by Crippen LogP contribution is 2.30. The summed E-state index contributed by atoms with van der Waals surface area (Å²) in [7, 11) is 0. The molecule has 11 heteroatoms. The minimum absolute atomic E-state index is 0.299. The van der Waals surface area contributed by atoms with Gasteiger partial charge in [-0.25, -0.2) is 4.79 Å². The number of carbonyl (C=O) groups is 3. The predicted molar refractivity (Wildman–Crippen MR) is 85.6 cm³/mol. The summed E-state index contributed by atoms with van der Waals surface area (Å²) in [5.74, 6) is -5.76. The Morgan fingerprint density at radius 1 is 1.27 bits per heavy atom. The van der Waals surface area contributed by atoms with Gasteiger partial charge in [-0.1, -0.05) is 0 Å². The van der Waals surface area contributed by atoms with Crippen LogP contribution in [0.25, 0.3) is 0 Å². The lowest BCUT2D eigenvalue weighted by molar-refractivity contribution is -0.283. The molecule has 7 atom stereocenters. The van der Waals surface area contributed by atoms with Gasteiger partial charge in [-0.3, -0.25) is 9.59 Å². The third-order valence-electron chi connectivity index (χ3n) is 3.97. The molecule has 2 amide bonds. The molecule has 0 aromatic heterocycles. The Balaban J connectivity index is 3.18. The van der Waals surface area contributed by atoms with E-state index in [-0.39, 0.29) is 6.42 Å². The number of aliphatic hydroxyl groups excluding tert-OH is 3. The van der Waals surface area contributed by atoms with Crippen molar-refractivity contribution >= 4 is 17.8 Å². The maximum absolute atomic E-state index is 12.0. The summed E-state index contributed by atoms with van der Waals surface area (Å²) in [4.78, 5) is 34.7. The number of carboxylic acid groups (broad SMARTS) is 1. The van der Waals surface area contributed by atoms with Gasteiger partial charge >= 0.3 is 5.97 Å². The molecule has 1 aliphatic rings. The maximum Gasteiger partial charge on any atom is 0.364 e. The van der Waals surface area contributed by atoms with Gasteiger partial charge in [0.25, 0.3) is 5.79 Å². The third kappa shape index (κ3) is 5.61. The van der Waals surface area contributed by atoms with Gasteiger partial charge in [0.2, 0.25) is 11.8 Å². The first-order valence-corrected chi connectivity index (χ1v) is 8.11. The quantitative estimate of drug-likeness (QED) is 0.243. The molecule has 0 aromatic rings. The number of nitrogens with one attached hydrogen (secondary N) is 2. The summed E-state index contributed by atoms with van der Waals surface area (Å²) < 4.78 is 5.19. The molecule has 150 valence electrons. The van der Waals surface area contributed by atoms with Crippen LogP contribution in [0.15, 0.2) is 0 Å². The van der Waals surface area contributed by atoms with Crippen LogP contribution < -0.4 is 10.6 Å². The predicted octanol–water partition coefficient (Wildman–Crippen LogP) is -2.95. The fourth-order valence-electron chi connectivity index (χ4n) is 2.81. The van der Waals surface area contributed by atoms with Crippen LogP contribution in [0.5, 0.6) is 0 Å². The van der Waals surface area contributed by atoms with Crippen molar-refractivity contribution in [3.63, 3.8) is 0 Å². The average Bonchev–Trinajstić information content (AvgIpc) is 2.46. The number of rotatable bonds is 7. The average molecular weight is 378 g/mol. The molecule has 1 saturated heterocycles. The van der Waals surface area contributed by atoms with Gasteiger partial charge < -0.3 is 40.9 Å². The first-order chi connectivity index (χ1) is 11.9. The van der Waals surface area contributed by atoms with Gasteiger partial charge in [0.15, 0.2) is 0 Å². The van der Waals surface area contributed by atoms with Gasteiger partial charge in [0.1, 0.15) is 6.10 Å². The Morgan fingerprint density at radius 2 is 1.85 bits per heavy atom. The SMILES string of the molecule is CC(=O)N[C@@H]1[C@H]([C@@H](NC(=O)C[C@@H](C)O)[C@H](C)O)O[C@](O)(C(=O)O)C[C@@H]1O. The molecule has 0 aromatic carbocycles. The maximum atomic E-state index is 12.0. The largest absolute Gasteiger partial charge is 0.477 e. The third-order valence-corrected chi connectivity index (χ3v) is 3.97. The zero-order valence-electron chi connectivity index (χ0n) is 14.7. The molecule has 1 rings (SSSR count). The summed E-state index contributed by atoms with van der Waals surface area (Å²) in [5.41, 5.74) is 0. The topological polar surface area (TPSA) is 186 Å². The second-order valence-corrected chi connectivity index (χ2v) is 6.56. The van der Waals surface area contributed by atoms with Crippen molar-refractivity contribution in [3.05, 3.63) is 0 Å². The van der Waals surface area contributed by atoms with E-state index in [2.05, 4.69) is 10.6 Å². The Labute approximate surface area is 150 Å². The number of amides is 2. The number of aliphatic carboxylic acids is 1. The molecule has 7 N–H and O–H groups in total. The lowest BCUT2D eigenvalue weighted by Gasteiger charge is -2.46. The van der Waals surface area contributed by atoms with Crippen molar-refractivity contribution in [2.24, 2.45) is 0 Å². The van der Waals surface area contributed by atoms with Crippen LogP contribution in [-0.4, -0.2) is 85.6 Å².